The van der Waals surface area contributed by atoms with Crippen molar-refractivity contribution >= 4 is 51.2 Å². The summed E-state index contributed by atoms with van der Waals surface area (Å²) < 4.78 is 8.05. The van der Waals surface area contributed by atoms with Gasteiger partial charge in [-0.25, -0.2) is 4.98 Å². The Morgan fingerprint density at radius 1 is 1.53 bits per heavy atom. The molecule has 0 spiro atoms. The van der Waals surface area contributed by atoms with E-state index in [0.717, 1.165) is 20.4 Å². The van der Waals surface area contributed by atoms with E-state index in [-0.39, 0.29) is 5.97 Å². The monoisotopic (exact) mass is 392 g/mol. The molecule has 2 aromatic rings. The van der Waals surface area contributed by atoms with Gasteiger partial charge in [-0.15, -0.1) is 11.6 Å². The van der Waals surface area contributed by atoms with Crippen molar-refractivity contribution < 1.29 is 9.53 Å². The molecule has 0 atom stereocenters. The van der Waals surface area contributed by atoms with Gasteiger partial charge in [0, 0.05) is 10.1 Å². The van der Waals surface area contributed by atoms with Gasteiger partial charge in [-0.3, -0.25) is 4.79 Å². The second-order valence-electron chi connectivity index (χ2n) is 4.00. The number of hydrogen-bond acceptors (Lipinski definition) is 3. The van der Waals surface area contributed by atoms with Crippen LogP contribution in [0.15, 0.2) is 18.2 Å². The Morgan fingerprint density at radius 3 is 3.00 bits per heavy atom. The molecule has 1 aromatic heterocycles. The van der Waals surface area contributed by atoms with Gasteiger partial charge in [-0.2, -0.15) is 0 Å². The molecule has 0 aliphatic rings. The van der Waals surface area contributed by atoms with Gasteiger partial charge in [0.25, 0.3) is 0 Å². The van der Waals surface area contributed by atoms with E-state index in [1.807, 2.05) is 22.8 Å². The number of aryl methyl sites for hydroxylation is 1. The molecule has 0 radical (unpaired) electrons. The summed E-state index contributed by atoms with van der Waals surface area (Å²) in [6, 6.07) is 6.03. The molecule has 1 aromatic carbocycles. The lowest BCUT2D eigenvalue weighted by Crippen LogP contribution is -2.10. The summed E-state index contributed by atoms with van der Waals surface area (Å²) in [5.74, 6) is 0.909. The fourth-order valence-electron chi connectivity index (χ4n) is 1.94. The van der Waals surface area contributed by atoms with Crippen molar-refractivity contribution in [2.24, 2.45) is 0 Å². The number of carbonyl (C=O) groups is 1. The Hall–Kier alpha value is -0.820. The van der Waals surface area contributed by atoms with Crippen LogP contribution >= 0.6 is 34.2 Å². The van der Waals surface area contributed by atoms with Crippen LogP contribution in [0.2, 0.25) is 0 Å². The van der Waals surface area contributed by atoms with Crippen LogP contribution in [0.5, 0.6) is 0 Å². The van der Waals surface area contributed by atoms with E-state index in [9.17, 15) is 4.79 Å². The highest BCUT2D eigenvalue weighted by molar-refractivity contribution is 14.1. The first kappa shape index (κ1) is 14.6. The predicted molar refractivity (Wildman–Crippen MR) is 83.3 cm³/mol. The van der Waals surface area contributed by atoms with Crippen molar-refractivity contribution in [2.75, 3.05) is 6.61 Å². The summed E-state index contributed by atoms with van der Waals surface area (Å²) in [4.78, 5) is 15.9. The van der Waals surface area contributed by atoms with Gasteiger partial charge in [0.2, 0.25) is 0 Å². The molecule has 0 N–H and O–H groups in total. The lowest BCUT2D eigenvalue weighted by Gasteiger charge is -2.07. The lowest BCUT2D eigenvalue weighted by atomic mass is 10.3. The van der Waals surface area contributed by atoms with Gasteiger partial charge >= 0.3 is 5.97 Å². The second-order valence-corrected chi connectivity index (χ2v) is 5.51. The minimum atomic E-state index is -0.199. The molecular weight excluding hydrogens is 379 g/mol. The third-order valence-electron chi connectivity index (χ3n) is 2.75. The molecule has 0 aliphatic carbocycles. The zero-order chi connectivity index (χ0) is 13.8. The van der Waals surface area contributed by atoms with Crippen LogP contribution in [0.25, 0.3) is 11.0 Å². The summed E-state index contributed by atoms with van der Waals surface area (Å²) in [6.07, 6.45) is 0.329. The fourth-order valence-corrected chi connectivity index (χ4v) is 2.62. The number of alkyl halides is 1. The molecule has 6 heteroatoms. The number of benzene rings is 1. The maximum Gasteiger partial charge on any atom is 0.307 e. The Labute approximate surface area is 130 Å². The van der Waals surface area contributed by atoms with E-state index in [2.05, 4.69) is 27.6 Å². The van der Waals surface area contributed by atoms with E-state index < -0.39 is 0 Å². The van der Waals surface area contributed by atoms with Crippen LogP contribution in [0.4, 0.5) is 0 Å². The van der Waals surface area contributed by atoms with E-state index in [1.54, 1.807) is 6.92 Å². The normalized spacial score (nSPS) is 10.9. The van der Waals surface area contributed by atoms with Crippen molar-refractivity contribution in [1.82, 2.24) is 9.55 Å². The zero-order valence-electron chi connectivity index (χ0n) is 10.5. The quantitative estimate of drug-likeness (QED) is 0.445. The largest absolute Gasteiger partial charge is 0.466 e. The summed E-state index contributed by atoms with van der Waals surface area (Å²) in [5, 5.41) is 0. The number of ether oxygens (including phenoxy) is 1. The number of esters is 1. The zero-order valence-corrected chi connectivity index (χ0v) is 13.4. The maximum absolute atomic E-state index is 11.4. The van der Waals surface area contributed by atoms with Crippen LogP contribution in [-0.2, 0) is 22.0 Å². The molecule has 19 heavy (non-hydrogen) atoms. The number of carbonyl (C=O) groups excluding carboxylic acids is 1. The molecular formula is C13H14ClIN2O2. The van der Waals surface area contributed by atoms with Gasteiger partial charge in [0.15, 0.2) is 0 Å². The number of rotatable bonds is 5. The number of hydrogen-bond donors (Lipinski definition) is 0. The molecule has 0 amide bonds. The fraction of sp³-hybridized carbons (Fsp3) is 0.385. The van der Waals surface area contributed by atoms with Crippen molar-refractivity contribution in [3.8, 4) is 0 Å². The maximum atomic E-state index is 11.4. The number of imidazole rings is 1. The van der Waals surface area contributed by atoms with Crippen LogP contribution < -0.4 is 0 Å². The summed E-state index contributed by atoms with van der Waals surface area (Å²) in [7, 11) is 0. The predicted octanol–water partition coefficient (Wildman–Crippen LogP) is 3.33. The molecule has 0 aliphatic heterocycles. The SMILES string of the molecule is CCOC(=O)CCn1c(CCl)nc2cc(I)ccc21. The summed E-state index contributed by atoms with van der Waals surface area (Å²) >= 11 is 8.17. The lowest BCUT2D eigenvalue weighted by molar-refractivity contribution is -0.143. The van der Waals surface area contributed by atoms with E-state index in [4.69, 9.17) is 16.3 Å². The highest BCUT2D eigenvalue weighted by atomic mass is 127. The molecule has 0 bridgehead atoms. The van der Waals surface area contributed by atoms with Crippen LogP contribution in [-0.4, -0.2) is 22.1 Å². The molecule has 2 rings (SSSR count). The molecule has 0 unspecified atom stereocenters. The van der Waals surface area contributed by atoms with Gasteiger partial charge in [0.1, 0.15) is 5.82 Å². The van der Waals surface area contributed by atoms with E-state index >= 15 is 0 Å². The molecule has 0 saturated heterocycles. The summed E-state index contributed by atoms with van der Waals surface area (Å²) in [5.41, 5.74) is 1.91. The smallest absolute Gasteiger partial charge is 0.307 e. The number of fused-ring (bicyclic) bond motifs is 1. The first-order chi connectivity index (χ1) is 9.15. The van der Waals surface area contributed by atoms with Gasteiger partial charge in [-0.1, -0.05) is 0 Å². The Kier molecular flexibility index (Phi) is 5.04. The molecule has 1 heterocycles. The summed E-state index contributed by atoms with van der Waals surface area (Å²) in [6.45, 7) is 2.75. The third-order valence-corrected chi connectivity index (χ3v) is 3.66. The van der Waals surface area contributed by atoms with Crippen molar-refractivity contribution in [1.29, 1.82) is 0 Å². The van der Waals surface area contributed by atoms with E-state index in [0.29, 0.717) is 25.5 Å². The number of aromatic nitrogens is 2. The van der Waals surface area contributed by atoms with Crippen molar-refractivity contribution in [2.45, 2.75) is 25.8 Å². The molecule has 4 nitrogen and oxygen atoms in total. The first-order valence-corrected chi connectivity index (χ1v) is 7.63. The number of halogens is 2. The molecule has 102 valence electrons. The highest BCUT2D eigenvalue weighted by Crippen LogP contribution is 2.20. The van der Waals surface area contributed by atoms with Gasteiger partial charge in [-0.05, 0) is 47.7 Å². The molecule has 0 fully saturated rings. The average molecular weight is 393 g/mol. The standard InChI is InChI=1S/C13H14ClIN2O2/c1-2-19-13(18)5-6-17-11-4-3-9(15)7-10(11)16-12(17)8-14/h3-4,7H,2,5-6,8H2,1H3. The van der Waals surface area contributed by atoms with Crippen molar-refractivity contribution in [3.63, 3.8) is 0 Å². The molecule has 0 saturated carbocycles. The van der Waals surface area contributed by atoms with E-state index in [1.165, 1.54) is 0 Å². The second kappa shape index (κ2) is 6.56. The van der Waals surface area contributed by atoms with Gasteiger partial charge in [0.05, 0.1) is 29.9 Å². The average Bonchev–Trinajstić information content (AvgIpc) is 2.73. The van der Waals surface area contributed by atoms with Crippen molar-refractivity contribution in [3.05, 3.63) is 27.6 Å². The minimum Gasteiger partial charge on any atom is -0.466 e. The van der Waals surface area contributed by atoms with Crippen LogP contribution in [0, 0.1) is 3.57 Å². The Balaban J connectivity index is 2.27. The Bertz CT molecular complexity index is 598. The number of nitrogens with zero attached hydrogens (tertiary/aromatic N) is 2. The first-order valence-electron chi connectivity index (χ1n) is 6.02. The van der Waals surface area contributed by atoms with Crippen LogP contribution in [0.1, 0.15) is 19.2 Å². The topological polar surface area (TPSA) is 44.1 Å². The van der Waals surface area contributed by atoms with Crippen LogP contribution in [0.3, 0.4) is 0 Å². The highest BCUT2D eigenvalue weighted by Gasteiger charge is 2.12. The minimum absolute atomic E-state index is 0.199. The Morgan fingerprint density at radius 2 is 2.32 bits per heavy atom. The van der Waals surface area contributed by atoms with Gasteiger partial charge < -0.3 is 9.30 Å². The third kappa shape index (κ3) is 3.39.